The minimum atomic E-state index is -1.95. The lowest BCUT2D eigenvalue weighted by Crippen LogP contribution is -2.43. The Morgan fingerprint density at radius 3 is 1.07 bits per heavy atom. The lowest BCUT2D eigenvalue weighted by atomic mass is 9.85. The van der Waals surface area contributed by atoms with Gasteiger partial charge < -0.3 is 10.2 Å². The smallest absolute Gasteiger partial charge is 0.281 e. The molecule has 5 aromatic rings. The van der Waals surface area contributed by atoms with E-state index < -0.39 is 23.0 Å². The van der Waals surface area contributed by atoms with E-state index in [4.69, 9.17) is 0 Å². The summed E-state index contributed by atoms with van der Waals surface area (Å²) in [5.41, 5.74) is 3.91. The SMILES string of the molecule is O=C(NN=Cc1cccc(C=NNC(=O)C(O)(c2ccccc2)c2ccccc2)c1)C(O)(c1ccccc1)c1ccccc1. The van der Waals surface area contributed by atoms with Crippen LogP contribution < -0.4 is 10.9 Å². The van der Waals surface area contributed by atoms with Crippen molar-refractivity contribution in [2.75, 3.05) is 0 Å². The van der Waals surface area contributed by atoms with Crippen molar-refractivity contribution in [1.82, 2.24) is 10.9 Å². The van der Waals surface area contributed by atoms with Crippen molar-refractivity contribution < 1.29 is 19.8 Å². The molecular formula is C36H30N4O4. The number of benzene rings is 5. The van der Waals surface area contributed by atoms with Crippen molar-refractivity contribution in [3.8, 4) is 0 Å². The number of carbonyl (C=O) groups excluding carboxylic acids is 2. The van der Waals surface area contributed by atoms with Crippen LogP contribution in [0.3, 0.4) is 0 Å². The second kappa shape index (κ2) is 13.5. The fourth-order valence-corrected chi connectivity index (χ4v) is 4.79. The predicted octanol–water partition coefficient (Wildman–Crippen LogP) is 4.46. The zero-order chi connectivity index (χ0) is 30.8. The molecule has 2 amide bonds. The maximum Gasteiger partial charge on any atom is 0.281 e. The summed E-state index contributed by atoms with van der Waals surface area (Å²) in [5, 5.41) is 31.3. The van der Waals surface area contributed by atoms with Crippen molar-refractivity contribution in [1.29, 1.82) is 0 Å². The second-order valence-electron chi connectivity index (χ2n) is 9.95. The highest BCUT2D eigenvalue weighted by molar-refractivity contribution is 5.93. The van der Waals surface area contributed by atoms with E-state index in [0.717, 1.165) is 0 Å². The van der Waals surface area contributed by atoms with E-state index in [-0.39, 0.29) is 0 Å². The average Bonchev–Trinajstić information content (AvgIpc) is 3.09. The Hall–Kier alpha value is -5.70. The molecule has 4 N–H and O–H groups in total. The van der Waals surface area contributed by atoms with E-state index in [1.807, 2.05) is 0 Å². The molecule has 218 valence electrons. The molecule has 0 bridgehead atoms. The first-order valence-electron chi connectivity index (χ1n) is 13.9. The van der Waals surface area contributed by atoms with E-state index in [2.05, 4.69) is 21.1 Å². The van der Waals surface area contributed by atoms with E-state index in [9.17, 15) is 19.8 Å². The number of hydrogen-bond donors (Lipinski definition) is 4. The minimum absolute atomic E-state index is 0.408. The van der Waals surface area contributed by atoms with Crippen molar-refractivity contribution >= 4 is 24.2 Å². The van der Waals surface area contributed by atoms with Crippen LogP contribution in [0.1, 0.15) is 33.4 Å². The molecule has 0 spiro atoms. The average molecular weight is 583 g/mol. The highest BCUT2D eigenvalue weighted by Gasteiger charge is 2.40. The first kappa shape index (κ1) is 29.8. The first-order valence-corrected chi connectivity index (χ1v) is 13.9. The van der Waals surface area contributed by atoms with Crippen LogP contribution in [0.15, 0.2) is 156 Å². The van der Waals surface area contributed by atoms with Gasteiger partial charge in [0.1, 0.15) is 0 Å². The molecule has 0 aliphatic heterocycles. The van der Waals surface area contributed by atoms with Gasteiger partial charge >= 0.3 is 0 Å². The van der Waals surface area contributed by atoms with Gasteiger partial charge in [-0.3, -0.25) is 9.59 Å². The lowest BCUT2D eigenvalue weighted by Gasteiger charge is -2.27. The normalized spacial score (nSPS) is 11.9. The Morgan fingerprint density at radius 1 is 0.477 bits per heavy atom. The number of hydrogen-bond acceptors (Lipinski definition) is 6. The summed E-state index contributed by atoms with van der Waals surface area (Å²) in [6.45, 7) is 0. The number of hydrazone groups is 2. The van der Waals surface area contributed by atoms with Crippen LogP contribution in [0.5, 0.6) is 0 Å². The van der Waals surface area contributed by atoms with E-state index in [1.54, 1.807) is 146 Å². The summed E-state index contributed by atoms with van der Waals surface area (Å²) < 4.78 is 0. The second-order valence-corrected chi connectivity index (χ2v) is 9.95. The van der Waals surface area contributed by atoms with Gasteiger partial charge in [0.25, 0.3) is 11.8 Å². The van der Waals surface area contributed by atoms with E-state index in [0.29, 0.717) is 33.4 Å². The van der Waals surface area contributed by atoms with Crippen molar-refractivity contribution in [3.05, 3.63) is 179 Å². The van der Waals surface area contributed by atoms with Gasteiger partial charge in [-0.05, 0) is 39.4 Å². The van der Waals surface area contributed by atoms with E-state index >= 15 is 0 Å². The van der Waals surface area contributed by atoms with Crippen LogP contribution in [0.2, 0.25) is 0 Å². The fraction of sp³-hybridized carbons (Fsp3) is 0.0556. The van der Waals surface area contributed by atoms with Crippen molar-refractivity contribution in [2.45, 2.75) is 11.2 Å². The Bertz CT molecular complexity index is 1550. The van der Waals surface area contributed by atoms with Gasteiger partial charge in [0, 0.05) is 0 Å². The fourth-order valence-electron chi connectivity index (χ4n) is 4.79. The Balaban J connectivity index is 1.29. The molecule has 0 aliphatic rings. The van der Waals surface area contributed by atoms with Gasteiger partial charge in [-0.1, -0.05) is 140 Å². The zero-order valence-corrected chi connectivity index (χ0v) is 23.6. The molecule has 0 heterocycles. The lowest BCUT2D eigenvalue weighted by molar-refractivity contribution is -0.137. The Labute approximate surface area is 255 Å². The molecule has 8 nitrogen and oxygen atoms in total. The van der Waals surface area contributed by atoms with Gasteiger partial charge in [-0.25, -0.2) is 10.9 Å². The third-order valence-electron chi connectivity index (χ3n) is 7.09. The highest BCUT2D eigenvalue weighted by atomic mass is 16.3. The van der Waals surface area contributed by atoms with E-state index in [1.165, 1.54) is 12.4 Å². The van der Waals surface area contributed by atoms with Gasteiger partial charge in [0.2, 0.25) is 0 Å². The van der Waals surface area contributed by atoms with Gasteiger partial charge in [0.05, 0.1) is 12.4 Å². The number of nitrogens with zero attached hydrogens (tertiary/aromatic N) is 2. The number of nitrogens with one attached hydrogen (secondary N) is 2. The van der Waals surface area contributed by atoms with Crippen LogP contribution in [0.25, 0.3) is 0 Å². The molecule has 0 fully saturated rings. The molecule has 0 unspecified atom stereocenters. The number of rotatable bonds is 10. The molecule has 5 aromatic carbocycles. The summed E-state index contributed by atoms with van der Waals surface area (Å²) in [5.74, 6) is -1.42. The molecule has 8 heteroatoms. The standard InChI is InChI=1S/C36H30N4O4/c41-33(35(43,29-16-5-1-6-17-29)30-18-7-2-8-19-30)39-37-25-27-14-13-15-28(24-27)26-38-40-34(42)36(44,31-20-9-3-10-21-31)32-22-11-4-12-23-32/h1-26,43-44H,(H,39,41)(H,40,42). The van der Waals surface area contributed by atoms with Crippen LogP contribution in [0, 0.1) is 0 Å². The largest absolute Gasteiger partial charge is 0.372 e. The molecule has 0 aliphatic carbocycles. The molecule has 0 atom stereocenters. The van der Waals surface area contributed by atoms with Crippen molar-refractivity contribution in [3.63, 3.8) is 0 Å². The third kappa shape index (κ3) is 6.37. The quantitative estimate of drug-likeness (QED) is 0.143. The highest BCUT2D eigenvalue weighted by Crippen LogP contribution is 2.31. The topological polar surface area (TPSA) is 123 Å². The maximum absolute atomic E-state index is 13.3. The van der Waals surface area contributed by atoms with Crippen LogP contribution >= 0.6 is 0 Å². The summed E-state index contributed by atoms with van der Waals surface area (Å²) >= 11 is 0. The Kier molecular flexibility index (Phi) is 9.15. The predicted molar refractivity (Wildman–Crippen MR) is 170 cm³/mol. The zero-order valence-electron chi connectivity index (χ0n) is 23.6. The number of amides is 2. The summed E-state index contributed by atoms with van der Waals surface area (Å²) in [6.07, 6.45) is 2.88. The first-order chi connectivity index (χ1) is 21.4. The van der Waals surface area contributed by atoms with Gasteiger partial charge in [-0.2, -0.15) is 10.2 Å². The summed E-state index contributed by atoms with van der Waals surface area (Å²) in [6, 6.07) is 41.7. The number of aliphatic hydroxyl groups is 2. The molecule has 0 saturated carbocycles. The monoisotopic (exact) mass is 582 g/mol. The summed E-state index contributed by atoms with van der Waals surface area (Å²) in [7, 11) is 0. The van der Waals surface area contributed by atoms with Gasteiger partial charge in [0.15, 0.2) is 11.2 Å². The van der Waals surface area contributed by atoms with Crippen LogP contribution in [-0.4, -0.2) is 34.5 Å². The Morgan fingerprint density at radius 2 is 0.773 bits per heavy atom. The molecule has 0 radical (unpaired) electrons. The maximum atomic E-state index is 13.3. The summed E-state index contributed by atoms with van der Waals surface area (Å²) in [4.78, 5) is 26.5. The molecule has 44 heavy (non-hydrogen) atoms. The molecule has 5 rings (SSSR count). The molecule has 0 aromatic heterocycles. The third-order valence-corrected chi connectivity index (χ3v) is 7.09. The minimum Gasteiger partial charge on any atom is -0.372 e. The van der Waals surface area contributed by atoms with Crippen molar-refractivity contribution in [2.24, 2.45) is 10.2 Å². The van der Waals surface area contributed by atoms with Crippen LogP contribution in [0.4, 0.5) is 0 Å². The van der Waals surface area contributed by atoms with Gasteiger partial charge in [-0.15, -0.1) is 0 Å². The molecular weight excluding hydrogens is 552 g/mol. The number of carbonyl (C=O) groups is 2. The molecule has 0 saturated heterocycles. The van der Waals surface area contributed by atoms with Crippen LogP contribution in [-0.2, 0) is 20.8 Å².